The van der Waals surface area contributed by atoms with Gasteiger partial charge in [0.1, 0.15) is 24.7 Å². The molecule has 0 aliphatic carbocycles. The van der Waals surface area contributed by atoms with Crippen LogP contribution in [0.5, 0.6) is 11.5 Å². The van der Waals surface area contributed by atoms with E-state index in [0.29, 0.717) is 28.6 Å². The number of nitrogens with one attached hydrogen (secondary N) is 2. The molecule has 8 nitrogen and oxygen atoms in total. The van der Waals surface area contributed by atoms with Crippen LogP contribution in [-0.2, 0) is 17.9 Å². The Morgan fingerprint density at radius 1 is 1.09 bits per heavy atom. The first-order chi connectivity index (χ1) is 15.6. The van der Waals surface area contributed by atoms with Gasteiger partial charge in [-0.2, -0.15) is 5.10 Å². The minimum atomic E-state index is -0.237. The van der Waals surface area contributed by atoms with Crippen LogP contribution in [0.2, 0.25) is 0 Å². The predicted molar refractivity (Wildman–Crippen MR) is 123 cm³/mol. The van der Waals surface area contributed by atoms with E-state index in [2.05, 4.69) is 20.5 Å². The largest absolute Gasteiger partial charge is 0.497 e. The van der Waals surface area contributed by atoms with E-state index in [9.17, 15) is 4.79 Å². The lowest BCUT2D eigenvalue weighted by Gasteiger charge is -2.10. The highest BCUT2D eigenvalue weighted by atomic mass is 32.1. The summed E-state index contributed by atoms with van der Waals surface area (Å²) in [5.74, 6) is 1.70. The second kappa shape index (κ2) is 9.88. The number of hydrogen-bond acceptors (Lipinski definition) is 6. The lowest BCUT2D eigenvalue weighted by Crippen LogP contribution is -2.19. The number of rotatable bonds is 8. The van der Waals surface area contributed by atoms with Crippen molar-refractivity contribution in [2.24, 2.45) is 0 Å². The molecule has 4 aromatic rings. The van der Waals surface area contributed by atoms with Gasteiger partial charge in [0, 0.05) is 23.5 Å². The second-order valence-electron chi connectivity index (χ2n) is 6.85. The molecular weight excluding hydrogens is 426 g/mol. The summed E-state index contributed by atoms with van der Waals surface area (Å²) in [4.78, 5) is 17.0. The van der Waals surface area contributed by atoms with Gasteiger partial charge < -0.3 is 14.8 Å². The fourth-order valence-corrected chi connectivity index (χ4v) is 3.27. The third-order valence-electron chi connectivity index (χ3n) is 4.64. The molecule has 2 aromatic heterocycles. The van der Waals surface area contributed by atoms with Crippen LogP contribution in [0.3, 0.4) is 0 Å². The normalized spacial score (nSPS) is 10.5. The average Bonchev–Trinajstić information content (AvgIpc) is 3.18. The summed E-state index contributed by atoms with van der Waals surface area (Å²) < 4.78 is 13.0. The summed E-state index contributed by atoms with van der Waals surface area (Å²) >= 11 is 5.32. The van der Waals surface area contributed by atoms with Gasteiger partial charge in [0.15, 0.2) is 10.6 Å². The topological polar surface area (TPSA) is 94.1 Å². The van der Waals surface area contributed by atoms with Crippen molar-refractivity contribution in [1.29, 1.82) is 0 Å². The van der Waals surface area contributed by atoms with Crippen molar-refractivity contribution in [3.63, 3.8) is 0 Å². The summed E-state index contributed by atoms with van der Waals surface area (Å²) in [5, 5.41) is 9.90. The SMILES string of the molecule is COc1ccc(-c2n[nH]c(=S)n2CC(=O)Nc2cccc(OCc3ccccn3)c2)cc1. The van der Waals surface area contributed by atoms with Crippen LogP contribution in [0.15, 0.2) is 72.9 Å². The van der Waals surface area contributed by atoms with Gasteiger partial charge in [-0.25, -0.2) is 0 Å². The van der Waals surface area contributed by atoms with E-state index in [1.54, 1.807) is 30.0 Å². The molecule has 162 valence electrons. The van der Waals surface area contributed by atoms with Crippen molar-refractivity contribution in [3.05, 3.63) is 83.4 Å². The molecule has 2 N–H and O–H groups in total. The second-order valence-corrected chi connectivity index (χ2v) is 7.24. The number of nitrogens with zero attached hydrogens (tertiary/aromatic N) is 3. The number of hydrogen-bond donors (Lipinski definition) is 2. The molecule has 2 heterocycles. The van der Waals surface area contributed by atoms with Crippen molar-refractivity contribution in [1.82, 2.24) is 19.7 Å². The number of H-pyrrole nitrogens is 1. The maximum atomic E-state index is 12.7. The number of pyridine rings is 1. The van der Waals surface area contributed by atoms with Gasteiger partial charge in [-0.05, 0) is 60.7 Å². The van der Waals surface area contributed by atoms with E-state index in [1.165, 1.54) is 0 Å². The minimum absolute atomic E-state index is 0.00964. The Hall–Kier alpha value is -3.98. The first kappa shape index (κ1) is 21.3. The first-order valence-electron chi connectivity index (χ1n) is 9.84. The smallest absolute Gasteiger partial charge is 0.244 e. The number of aromatic nitrogens is 4. The van der Waals surface area contributed by atoms with Crippen LogP contribution in [0.1, 0.15) is 5.69 Å². The van der Waals surface area contributed by atoms with Gasteiger partial charge in [0.05, 0.1) is 12.8 Å². The highest BCUT2D eigenvalue weighted by molar-refractivity contribution is 7.71. The van der Waals surface area contributed by atoms with Crippen molar-refractivity contribution >= 4 is 23.8 Å². The molecule has 0 unspecified atom stereocenters. The zero-order valence-electron chi connectivity index (χ0n) is 17.3. The van der Waals surface area contributed by atoms with Crippen LogP contribution in [0.4, 0.5) is 5.69 Å². The molecule has 0 atom stereocenters. The van der Waals surface area contributed by atoms with Gasteiger partial charge in [-0.1, -0.05) is 12.1 Å². The number of anilines is 1. The molecule has 0 radical (unpaired) electrons. The van der Waals surface area contributed by atoms with Gasteiger partial charge in [0.25, 0.3) is 0 Å². The summed E-state index contributed by atoms with van der Waals surface area (Å²) in [6.07, 6.45) is 1.72. The molecule has 4 rings (SSSR count). The van der Waals surface area contributed by atoms with Gasteiger partial charge in [-0.3, -0.25) is 19.4 Å². The van der Waals surface area contributed by atoms with Crippen molar-refractivity contribution in [3.8, 4) is 22.9 Å². The molecule has 0 aliphatic rings. The maximum absolute atomic E-state index is 12.7. The maximum Gasteiger partial charge on any atom is 0.244 e. The summed E-state index contributed by atoms with van der Waals surface area (Å²) in [5.41, 5.74) is 2.26. The lowest BCUT2D eigenvalue weighted by molar-refractivity contribution is -0.116. The van der Waals surface area contributed by atoms with E-state index in [1.807, 2.05) is 54.6 Å². The Kier molecular flexibility index (Phi) is 6.57. The van der Waals surface area contributed by atoms with Crippen LogP contribution < -0.4 is 14.8 Å². The van der Waals surface area contributed by atoms with Gasteiger partial charge >= 0.3 is 0 Å². The first-order valence-corrected chi connectivity index (χ1v) is 10.3. The summed E-state index contributed by atoms with van der Waals surface area (Å²) in [7, 11) is 1.61. The monoisotopic (exact) mass is 447 g/mol. The number of amides is 1. The Morgan fingerprint density at radius 3 is 2.69 bits per heavy atom. The molecular formula is C23H21N5O3S. The van der Waals surface area contributed by atoms with E-state index < -0.39 is 0 Å². The molecule has 0 bridgehead atoms. The molecule has 32 heavy (non-hydrogen) atoms. The van der Waals surface area contributed by atoms with Gasteiger partial charge in [0.2, 0.25) is 5.91 Å². The number of methoxy groups -OCH3 is 1. The Bertz CT molecular complexity index is 1250. The molecule has 0 fully saturated rings. The van der Waals surface area contributed by atoms with E-state index in [-0.39, 0.29) is 12.5 Å². The highest BCUT2D eigenvalue weighted by Gasteiger charge is 2.13. The van der Waals surface area contributed by atoms with Crippen molar-refractivity contribution in [2.75, 3.05) is 12.4 Å². The molecule has 0 aliphatic heterocycles. The zero-order valence-corrected chi connectivity index (χ0v) is 18.1. The van der Waals surface area contributed by atoms with E-state index in [4.69, 9.17) is 21.7 Å². The van der Waals surface area contributed by atoms with Gasteiger partial charge in [-0.15, -0.1) is 0 Å². The standard InChI is InChI=1S/C23H21N5O3S/c1-30-19-10-8-16(9-11-19)22-26-27-23(32)28(22)14-21(29)25-17-6-4-7-20(13-17)31-15-18-5-2-3-12-24-18/h2-13H,14-15H2,1H3,(H,25,29)(H,27,32). The lowest BCUT2D eigenvalue weighted by atomic mass is 10.2. The Balaban J connectivity index is 1.43. The third kappa shape index (κ3) is 5.19. The summed E-state index contributed by atoms with van der Waals surface area (Å²) in [6, 6.07) is 20.2. The number of carbonyl (C=O) groups excluding carboxylic acids is 1. The fourth-order valence-electron chi connectivity index (χ4n) is 3.07. The van der Waals surface area contributed by atoms with E-state index in [0.717, 1.165) is 17.0 Å². The number of ether oxygens (including phenoxy) is 2. The highest BCUT2D eigenvalue weighted by Crippen LogP contribution is 2.22. The molecule has 2 aromatic carbocycles. The average molecular weight is 448 g/mol. The third-order valence-corrected chi connectivity index (χ3v) is 4.95. The molecule has 1 amide bonds. The summed E-state index contributed by atoms with van der Waals surface area (Å²) in [6.45, 7) is 0.351. The molecule has 0 spiro atoms. The van der Waals surface area contributed by atoms with Crippen molar-refractivity contribution in [2.45, 2.75) is 13.2 Å². The van der Waals surface area contributed by atoms with Crippen LogP contribution >= 0.6 is 12.2 Å². The quantitative estimate of drug-likeness (QED) is 0.393. The van der Waals surface area contributed by atoms with Crippen LogP contribution in [-0.4, -0.2) is 32.8 Å². The Labute approximate surface area is 189 Å². The van der Waals surface area contributed by atoms with Crippen LogP contribution in [0.25, 0.3) is 11.4 Å². The molecule has 0 saturated heterocycles. The van der Waals surface area contributed by atoms with Crippen molar-refractivity contribution < 1.29 is 14.3 Å². The number of carbonyl (C=O) groups is 1. The zero-order chi connectivity index (χ0) is 22.3. The molecule has 9 heteroatoms. The number of benzene rings is 2. The minimum Gasteiger partial charge on any atom is -0.497 e. The van der Waals surface area contributed by atoms with Crippen LogP contribution in [0, 0.1) is 4.77 Å². The Morgan fingerprint density at radius 2 is 1.94 bits per heavy atom. The fraction of sp³-hybridized carbons (Fsp3) is 0.130. The number of aromatic amines is 1. The van der Waals surface area contributed by atoms with E-state index >= 15 is 0 Å². The predicted octanol–water partition coefficient (Wildman–Crippen LogP) is 4.23. The molecule has 0 saturated carbocycles.